The molecule has 2 aromatic carbocycles. The molecule has 0 amide bonds. The number of sulfonamides is 1. The van der Waals surface area contributed by atoms with Crippen molar-refractivity contribution in [1.82, 2.24) is 0 Å². The molecule has 2 rings (SSSR count). The molecular weight excluding hydrogens is 260 g/mol. The molecule has 0 saturated heterocycles. The predicted octanol–water partition coefficient (Wildman–Crippen LogP) is 2.63. The van der Waals surface area contributed by atoms with Crippen LogP contribution < -0.4 is 10.5 Å². The summed E-state index contributed by atoms with van der Waals surface area (Å²) in [5.74, 6) is 0. The minimum Gasteiger partial charge on any atom is -0.397 e. The van der Waals surface area contributed by atoms with Crippen molar-refractivity contribution in [2.45, 2.75) is 18.2 Å². The zero-order valence-electron chi connectivity index (χ0n) is 10.6. The molecule has 5 heteroatoms. The molecule has 0 fully saturated rings. The summed E-state index contributed by atoms with van der Waals surface area (Å²) in [6.45, 7) is 2.02. The van der Waals surface area contributed by atoms with Gasteiger partial charge in [0.1, 0.15) is 0 Å². The van der Waals surface area contributed by atoms with Crippen LogP contribution in [0.1, 0.15) is 12.5 Å². The van der Waals surface area contributed by atoms with Gasteiger partial charge < -0.3 is 5.73 Å². The molecule has 4 nitrogen and oxygen atoms in total. The van der Waals surface area contributed by atoms with Crippen LogP contribution in [0.4, 0.5) is 11.4 Å². The van der Waals surface area contributed by atoms with E-state index in [1.165, 1.54) is 0 Å². The predicted molar refractivity (Wildman–Crippen MR) is 77.5 cm³/mol. The van der Waals surface area contributed by atoms with E-state index in [2.05, 4.69) is 4.72 Å². The van der Waals surface area contributed by atoms with Crippen LogP contribution >= 0.6 is 0 Å². The monoisotopic (exact) mass is 276 g/mol. The largest absolute Gasteiger partial charge is 0.397 e. The maximum Gasteiger partial charge on any atom is 0.261 e. The highest BCUT2D eigenvalue weighted by atomic mass is 32.2. The molecule has 0 unspecified atom stereocenters. The highest BCUT2D eigenvalue weighted by molar-refractivity contribution is 7.92. The number of para-hydroxylation sites is 2. The third-order valence-corrected chi connectivity index (χ3v) is 4.23. The summed E-state index contributed by atoms with van der Waals surface area (Å²) < 4.78 is 26.9. The summed E-state index contributed by atoms with van der Waals surface area (Å²) in [7, 11) is -3.59. The first-order valence-corrected chi connectivity index (χ1v) is 7.47. The maximum atomic E-state index is 12.2. The number of nitrogens with one attached hydrogen (secondary N) is 1. The fraction of sp³-hybridized carbons (Fsp3) is 0.143. The highest BCUT2D eigenvalue weighted by Crippen LogP contribution is 2.21. The molecule has 0 heterocycles. The minimum atomic E-state index is -3.59. The van der Waals surface area contributed by atoms with Gasteiger partial charge in [-0.2, -0.15) is 0 Å². The van der Waals surface area contributed by atoms with Crippen LogP contribution in [0.2, 0.25) is 0 Å². The Morgan fingerprint density at radius 1 is 1.05 bits per heavy atom. The van der Waals surface area contributed by atoms with Crippen molar-refractivity contribution in [3.63, 3.8) is 0 Å². The van der Waals surface area contributed by atoms with Crippen LogP contribution in [0.15, 0.2) is 53.4 Å². The fourth-order valence-corrected chi connectivity index (χ4v) is 2.79. The summed E-state index contributed by atoms with van der Waals surface area (Å²) in [4.78, 5) is 0.230. The number of benzene rings is 2. The first-order chi connectivity index (χ1) is 9.03. The third kappa shape index (κ3) is 3.06. The van der Waals surface area contributed by atoms with E-state index in [0.717, 1.165) is 12.0 Å². The molecule has 0 radical (unpaired) electrons. The quantitative estimate of drug-likeness (QED) is 0.843. The molecule has 0 spiro atoms. The molecule has 0 aromatic heterocycles. The number of nitrogens with two attached hydrogens (primary N) is 1. The topological polar surface area (TPSA) is 72.2 Å². The van der Waals surface area contributed by atoms with Gasteiger partial charge in [-0.1, -0.05) is 31.2 Å². The Bertz CT molecular complexity index is 664. The first-order valence-electron chi connectivity index (χ1n) is 5.99. The molecule has 0 aliphatic carbocycles. The van der Waals surface area contributed by atoms with Gasteiger partial charge in [-0.3, -0.25) is 4.72 Å². The second-order valence-electron chi connectivity index (χ2n) is 4.19. The average Bonchev–Trinajstić information content (AvgIpc) is 2.41. The lowest BCUT2D eigenvalue weighted by Crippen LogP contribution is -2.14. The summed E-state index contributed by atoms with van der Waals surface area (Å²) in [5, 5.41) is 0. The van der Waals surface area contributed by atoms with Crippen molar-refractivity contribution < 1.29 is 8.42 Å². The van der Waals surface area contributed by atoms with Crippen LogP contribution in [0.25, 0.3) is 0 Å². The lowest BCUT2D eigenvalue weighted by Gasteiger charge is -2.10. The second-order valence-corrected chi connectivity index (χ2v) is 5.87. The summed E-state index contributed by atoms with van der Waals surface area (Å²) in [5.41, 5.74) is 7.61. The number of aryl methyl sites for hydroxylation is 1. The van der Waals surface area contributed by atoms with Gasteiger partial charge in [0.25, 0.3) is 10.0 Å². The van der Waals surface area contributed by atoms with Gasteiger partial charge in [-0.15, -0.1) is 0 Å². The lowest BCUT2D eigenvalue weighted by molar-refractivity contribution is 0.601. The standard InChI is InChI=1S/C14H16N2O2S/c1-2-11-7-9-12(10-8-11)19(17,18)16-14-6-4-3-5-13(14)15/h3-10,16H,2,15H2,1H3. The van der Waals surface area contributed by atoms with Crippen molar-refractivity contribution in [2.75, 3.05) is 10.5 Å². The number of rotatable bonds is 4. The number of hydrogen-bond donors (Lipinski definition) is 2. The molecule has 0 bridgehead atoms. The molecule has 0 aliphatic rings. The van der Waals surface area contributed by atoms with Crippen molar-refractivity contribution in [3.05, 3.63) is 54.1 Å². The van der Waals surface area contributed by atoms with Crippen molar-refractivity contribution >= 4 is 21.4 Å². The SMILES string of the molecule is CCc1ccc(S(=O)(=O)Nc2ccccc2N)cc1. The molecule has 100 valence electrons. The van der Waals surface area contributed by atoms with Gasteiger partial charge in [0.15, 0.2) is 0 Å². The zero-order valence-corrected chi connectivity index (χ0v) is 11.4. The molecule has 3 N–H and O–H groups in total. The Labute approximate surface area is 113 Å². The van der Waals surface area contributed by atoms with E-state index in [1.807, 2.05) is 19.1 Å². The molecule has 2 aromatic rings. The summed E-state index contributed by atoms with van der Waals surface area (Å²) in [6, 6.07) is 13.6. The third-order valence-electron chi connectivity index (χ3n) is 2.85. The van der Waals surface area contributed by atoms with Crippen molar-refractivity contribution in [3.8, 4) is 0 Å². The Morgan fingerprint density at radius 3 is 2.26 bits per heavy atom. The zero-order chi connectivity index (χ0) is 13.9. The van der Waals surface area contributed by atoms with Crippen LogP contribution in [0.3, 0.4) is 0 Å². The van der Waals surface area contributed by atoms with Gasteiger partial charge in [0, 0.05) is 0 Å². The smallest absolute Gasteiger partial charge is 0.261 e. The van der Waals surface area contributed by atoms with Gasteiger partial charge in [-0.05, 0) is 36.2 Å². The Balaban J connectivity index is 2.30. The van der Waals surface area contributed by atoms with E-state index >= 15 is 0 Å². The van der Waals surface area contributed by atoms with Crippen molar-refractivity contribution in [1.29, 1.82) is 0 Å². The van der Waals surface area contributed by atoms with E-state index in [1.54, 1.807) is 36.4 Å². The Hall–Kier alpha value is -2.01. The van der Waals surface area contributed by atoms with Crippen LogP contribution in [-0.2, 0) is 16.4 Å². The molecule has 0 atom stereocenters. The second kappa shape index (κ2) is 5.32. The van der Waals surface area contributed by atoms with Gasteiger partial charge in [0.2, 0.25) is 0 Å². The molecule has 0 saturated carbocycles. The Morgan fingerprint density at radius 2 is 1.68 bits per heavy atom. The van der Waals surface area contributed by atoms with Gasteiger partial charge in [-0.25, -0.2) is 8.42 Å². The van der Waals surface area contributed by atoms with Crippen molar-refractivity contribution in [2.24, 2.45) is 0 Å². The highest BCUT2D eigenvalue weighted by Gasteiger charge is 2.14. The van der Waals surface area contributed by atoms with Crippen LogP contribution in [0, 0.1) is 0 Å². The van der Waals surface area contributed by atoms with E-state index < -0.39 is 10.0 Å². The van der Waals surface area contributed by atoms with E-state index in [9.17, 15) is 8.42 Å². The fourth-order valence-electron chi connectivity index (χ4n) is 1.70. The lowest BCUT2D eigenvalue weighted by atomic mass is 10.2. The molecular formula is C14H16N2O2S. The normalized spacial score (nSPS) is 11.2. The van der Waals surface area contributed by atoms with Gasteiger partial charge >= 0.3 is 0 Å². The van der Waals surface area contributed by atoms with E-state index in [4.69, 9.17) is 5.73 Å². The van der Waals surface area contributed by atoms with E-state index in [0.29, 0.717) is 11.4 Å². The molecule has 0 aliphatic heterocycles. The van der Waals surface area contributed by atoms with Crippen LogP contribution in [0.5, 0.6) is 0 Å². The summed E-state index contributed by atoms with van der Waals surface area (Å²) >= 11 is 0. The van der Waals surface area contributed by atoms with Gasteiger partial charge in [0.05, 0.1) is 16.3 Å². The first kappa shape index (κ1) is 13.4. The number of nitrogen functional groups attached to an aromatic ring is 1. The molecule has 19 heavy (non-hydrogen) atoms. The minimum absolute atomic E-state index is 0.230. The van der Waals surface area contributed by atoms with E-state index in [-0.39, 0.29) is 4.90 Å². The van der Waals surface area contributed by atoms with Crippen LogP contribution in [-0.4, -0.2) is 8.42 Å². The summed E-state index contributed by atoms with van der Waals surface area (Å²) in [6.07, 6.45) is 0.874. The number of anilines is 2. The average molecular weight is 276 g/mol. The maximum absolute atomic E-state index is 12.2. The Kier molecular flexibility index (Phi) is 3.76. The number of hydrogen-bond acceptors (Lipinski definition) is 3.